The SMILES string of the molecule is Cc1noc(C)c1CC(=O)Nc1ccc(NC(=O)c2ccco2)cc1C(F)(F)F. The second-order valence-corrected chi connectivity index (χ2v) is 6.22. The molecule has 0 saturated heterocycles. The first-order chi connectivity index (χ1) is 13.6. The van der Waals surface area contributed by atoms with E-state index in [2.05, 4.69) is 15.8 Å². The molecule has 0 spiro atoms. The minimum Gasteiger partial charge on any atom is -0.459 e. The van der Waals surface area contributed by atoms with Gasteiger partial charge >= 0.3 is 6.18 Å². The van der Waals surface area contributed by atoms with Crippen molar-refractivity contribution in [3.05, 3.63) is 64.9 Å². The molecule has 29 heavy (non-hydrogen) atoms. The first-order valence-electron chi connectivity index (χ1n) is 8.43. The van der Waals surface area contributed by atoms with Crippen molar-refractivity contribution >= 4 is 23.2 Å². The predicted octanol–water partition coefficient (Wildman–Crippen LogP) is 4.34. The summed E-state index contributed by atoms with van der Waals surface area (Å²) in [6.07, 6.45) is -3.67. The van der Waals surface area contributed by atoms with Crippen molar-refractivity contribution < 1.29 is 31.7 Å². The number of aryl methyl sites for hydroxylation is 2. The maximum atomic E-state index is 13.5. The van der Waals surface area contributed by atoms with Crippen LogP contribution in [0.5, 0.6) is 0 Å². The molecule has 10 heteroatoms. The number of nitrogens with one attached hydrogen (secondary N) is 2. The van der Waals surface area contributed by atoms with E-state index in [9.17, 15) is 22.8 Å². The Balaban J connectivity index is 1.81. The zero-order valence-corrected chi connectivity index (χ0v) is 15.4. The molecule has 0 aliphatic rings. The Kier molecular flexibility index (Phi) is 5.44. The standard InChI is InChI=1S/C19H16F3N3O4/c1-10-13(11(2)29-25-10)9-17(26)24-15-6-5-12(8-14(15)19(20,21)22)23-18(27)16-4-3-7-28-16/h3-8H,9H2,1-2H3,(H,23,27)(H,24,26). The lowest BCUT2D eigenvalue weighted by Crippen LogP contribution is -2.19. The lowest BCUT2D eigenvalue weighted by Gasteiger charge is -2.15. The lowest BCUT2D eigenvalue weighted by molar-refractivity contribution is -0.136. The molecule has 2 N–H and O–H groups in total. The van der Waals surface area contributed by atoms with Gasteiger partial charge < -0.3 is 19.6 Å². The number of carbonyl (C=O) groups excluding carboxylic acids is 2. The quantitative estimate of drug-likeness (QED) is 0.656. The first kappa shape index (κ1) is 20.2. The minimum absolute atomic E-state index is 0.0459. The van der Waals surface area contributed by atoms with Gasteiger partial charge in [0.1, 0.15) is 5.76 Å². The van der Waals surface area contributed by atoms with E-state index in [0.717, 1.165) is 12.1 Å². The second-order valence-electron chi connectivity index (χ2n) is 6.22. The van der Waals surface area contributed by atoms with Crippen LogP contribution in [-0.2, 0) is 17.4 Å². The van der Waals surface area contributed by atoms with E-state index in [-0.39, 0.29) is 17.9 Å². The zero-order valence-electron chi connectivity index (χ0n) is 15.4. The molecular weight excluding hydrogens is 391 g/mol. The number of aromatic nitrogens is 1. The molecule has 2 amide bonds. The highest BCUT2D eigenvalue weighted by atomic mass is 19.4. The number of carbonyl (C=O) groups is 2. The number of amides is 2. The molecule has 3 aromatic rings. The van der Waals surface area contributed by atoms with Crippen molar-refractivity contribution in [1.29, 1.82) is 0 Å². The molecule has 0 atom stereocenters. The van der Waals surface area contributed by atoms with E-state index >= 15 is 0 Å². The van der Waals surface area contributed by atoms with Crippen LogP contribution in [0, 0.1) is 13.8 Å². The molecule has 0 unspecified atom stereocenters. The van der Waals surface area contributed by atoms with E-state index in [1.54, 1.807) is 13.8 Å². The summed E-state index contributed by atoms with van der Waals surface area (Å²) in [5.41, 5.74) is -0.613. The van der Waals surface area contributed by atoms with Crippen molar-refractivity contribution in [1.82, 2.24) is 5.16 Å². The molecule has 0 saturated carbocycles. The number of furan rings is 1. The smallest absolute Gasteiger partial charge is 0.418 e. The Morgan fingerprint density at radius 1 is 1.14 bits per heavy atom. The van der Waals surface area contributed by atoms with Crippen LogP contribution in [0.25, 0.3) is 0 Å². The van der Waals surface area contributed by atoms with Gasteiger partial charge in [-0.2, -0.15) is 13.2 Å². The Morgan fingerprint density at radius 3 is 2.48 bits per heavy atom. The van der Waals surface area contributed by atoms with Gasteiger partial charge in [0.25, 0.3) is 5.91 Å². The predicted molar refractivity (Wildman–Crippen MR) is 96.4 cm³/mol. The maximum absolute atomic E-state index is 13.5. The molecule has 7 nitrogen and oxygen atoms in total. The molecule has 2 heterocycles. The van der Waals surface area contributed by atoms with E-state index in [1.165, 1.54) is 24.5 Å². The van der Waals surface area contributed by atoms with Gasteiger partial charge in [-0.05, 0) is 44.2 Å². The summed E-state index contributed by atoms with van der Waals surface area (Å²) in [5.74, 6) is -0.976. The van der Waals surface area contributed by atoms with Gasteiger partial charge in [-0.15, -0.1) is 0 Å². The topological polar surface area (TPSA) is 97.4 Å². The van der Waals surface area contributed by atoms with Gasteiger partial charge in [0, 0.05) is 11.3 Å². The highest BCUT2D eigenvalue weighted by Gasteiger charge is 2.34. The van der Waals surface area contributed by atoms with Crippen molar-refractivity contribution in [3.8, 4) is 0 Å². The molecule has 0 bridgehead atoms. The van der Waals surface area contributed by atoms with Gasteiger partial charge in [0.2, 0.25) is 5.91 Å². The summed E-state index contributed by atoms with van der Waals surface area (Å²) >= 11 is 0. The van der Waals surface area contributed by atoms with Gasteiger partial charge in [0.15, 0.2) is 5.76 Å². The average Bonchev–Trinajstić information content (AvgIpc) is 3.28. The van der Waals surface area contributed by atoms with Crippen molar-refractivity contribution in [2.75, 3.05) is 10.6 Å². The van der Waals surface area contributed by atoms with Crippen molar-refractivity contribution in [2.45, 2.75) is 26.4 Å². The van der Waals surface area contributed by atoms with Gasteiger partial charge in [-0.3, -0.25) is 9.59 Å². The number of rotatable bonds is 5. The molecule has 2 aromatic heterocycles. The molecular formula is C19H16F3N3O4. The number of anilines is 2. The van der Waals surface area contributed by atoms with Crippen LogP contribution in [0.2, 0.25) is 0 Å². The fourth-order valence-electron chi connectivity index (χ4n) is 2.68. The number of benzene rings is 1. The molecule has 0 fully saturated rings. The maximum Gasteiger partial charge on any atom is 0.418 e. The van der Waals surface area contributed by atoms with E-state index < -0.39 is 29.2 Å². The normalized spacial score (nSPS) is 11.3. The summed E-state index contributed by atoms with van der Waals surface area (Å²) in [7, 11) is 0. The lowest BCUT2D eigenvalue weighted by atomic mass is 10.1. The number of halogens is 3. The molecule has 0 radical (unpaired) electrons. The Morgan fingerprint density at radius 2 is 1.90 bits per heavy atom. The fourth-order valence-corrected chi connectivity index (χ4v) is 2.68. The van der Waals surface area contributed by atoms with Crippen molar-refractivity contribution in [2.24, 2.45) is 0 Å². The number of hydrogen-bond acceptors (Lipinski definition) is 5. The zero-order chi connectivity index (χ0) is 21.2. The van der Waals surface area contributed by atoms with Crippen LogP contribution in [0.1, 0.15) is 33.1 Å². The Labute approximate surface area is 162 Å². The summed E-state index contributed by atoms with van der Waals surface area (Å²) < 4.78 is 50.3. The van der Waals surface area contributed by atoms with E-state index in [4.69, 9.17) is 8.94 Å². The monoisotopic (exact) mass is 407 g/mol. The number of alkyl halides is 3. The number of nitrogens with zero attached hydrogens (tertiary/aromatic N) is 1. The van der Waals surface area contributed by atoms with E-state index in [1.807, 2.05) is 0 Å². The Bertz CT molecular complexity index is 1020. The minimum atomic E-state index is -4.75. The summed E-state index contributed by atoms with van der Waals surface area (Å²) in [5, 5.41) is 8.29. The van der Waals surface area contributed by atoms with Gasteiger partial charge in [0.05, 0.1) is 29.6 Å². The first-order valence-corrected chi connectivity index (χ1v) is 8.43. The van der Waals surface area contributed by atoms with Crippen LogP contribution in [-0.4, -0.2) is 17.0 Å². The van der Waals surface area contributed by atoms with Crippen LogP contribution in [0.4, 0.5) is 24.5 Å². The summed E-state index contributed by atoms with van der Waals surface area (Å²) in [6.45, 7) is 3.25. The van der Waals surface area contributed by atoms with Crippen molar-refractivity contribution in [3.63, 3.8) is 0 Å². The fraction of sp³-hybridized carbons (Fsp3) is 0.211. The van der Waals surface area contributed by atoms with Crippen LogP contribution >= 0.6 is 0 Å². The third-order valence-electron chi connectivity index (χ3n) is 4.12. The number of hydrogen-bond donors (Lipinski definition) is 2. The Hall–Kier alpha value is -3.56. The van der Waals surface area contributed by atoms with Crippen LogP contribution < -0.4 is 10.6 Å². The highest BCUT2D eigenvalue weighted by Crippen LogP contribution is 2.37. The largest absolute Gasteiger partial charge is 0.459 e. The second kappa shape index (κ2) is 7.82. The molecule has 1 aromatic carbocycles. The highest BCUT2D eigenvalue weighted by molar-refractivity contribution is 6.02. The van der Waals surface area contributed by atoms with Crippen LogP contribution in [0.3, 0.4) is 0 Å². The third-order valence-corrected chi connectivity index (χ3v) is 4.12. The summed E-state index contributed by atoms with van der Waals surface area (Å²) in [6, 6.07) is 5.93. The van der Waals surface area contributed by atoms with Gasteiger partial charge in [-0.1, -0.05) is 5.16 Å². The van der Waals surface area contributed by atoms with E-state index in [0.29, 0.717) is 17.0 Å². The average molecular weight is 407 g/mol. The van der Waals surface area contributed by atoms with Gasteiger partial charge in [-0.25, -0.2) is 0 Å². The third kappa shape index (κ3) is 4.65. The molecule has 0 aliphatic carbocycles. The molecule has 152 valence electrons. The molecule has 3 rings (SSSR count). The molecule has 0 aliphatic heterocycles. The summed E-state index contributed by atoms with van der Waals surface area (Å²) in [4.78, 5) is 24.2. The van der Waals surface area contributed by atoms with Crippen LogP contribution in [0.15, 0.2) is 45.5 Å².